The Hall–Kier alpha value is -2.81. The largest absolute Gasteiger partial charge is 0.508 e. The number of nitrogens with zero attached hydrogens (tertiary/aromatic N) is 2. The highest BCUT2D eigenvalue weighted by molar-refractivity contribution is 7.13. The molecular weight excluding hydrogens is 392 g/mol. The fourth-order valence-corrected chi connectivity index (χ4v) is 3.52. The number of hydrogen-bond donors (Lipinski definition) is 3. The standard InChI is InChI=1S/C20H28N4O4S/c1-6-21-20(22-11-14-10-15(27-5)8-9-16(14)25)24-13(4)18-23-12(3)17(29-18)19(26)28-7-2/h8-10,13,25H,6-7,11H2,1-5H3,(H2,21,22,24). The third-order valence-electron chi connectivity index (χ3n) is 4.04. The second-order valence-electron chi connectivity index (χ2n) is 6.24. The molecule has 1 aromatic heterocycles. The van der Waals surface area contributed by atoms with Gasteiger partial charge in [0.25, 0.3) is 0 Å². The van der Waals surface area contributed by atoms with Gasteiger partial charge in [-0.25, -0.2) is 14.8 Å². The van der Waals surface area contributed by atoms with Crippen LogP contribution in [0.25, 0.3) is 0 Å². The molecule has 0 amide bonds. The predicted octanol–water partition coefficient (Wildman–Crippen LogP) is 3.16. The fraction of sp³-hybridized carbons (Fsp3) is 0.450. The first-order valence-electron chi connectivity index (χ1n) is 9.44. The number of phenols is 1. The van der Waals surface area contributed by atoms with Crippen molar-refractivity contribution < 1.29 is 19.4 Å². The minimum atomic E-state index is -0.352. The molecule has 3 N–H and O–H groups in total. The summed E-state index contributed by atoms with van der Waals surface area (Å²) in [7, 11) is 1.58. The molecule has 8 nitrogen and oxygen atoms in total. The van der Waals surface area contributed by atoms with Crippen molar-refractivity contribution in [1.82, 2.24) is 15.6 Å². The van der Waals surface area contributed by atoms with Crippen molar-refractivity contribution in [1.29, 1.82) is 0 Å². The van der Waals surface area contributed by atoms with E-state index in [2.05, 4.69) is 20.6 Å². The summed E-state index contributed by atoms with van der Waals surface area (Å²) in [5, 5.41) is 17.3. The number of carbonyl (C=O) groups excluding carboxylic acids is 1. The molecule has 2 aromatic rings. The van der Waals surface area contributed by atoms with E-state index in [-0.39, 0.29) is 24.3 Å². The highest BCUT2D eigenvalue weighted by atomic mass is 32.1. The molecule has 0 saturated carbocycles. The van der Waals surface area contributed by atoms with E-state index in [4.69, 9.17) is 9.47 Å². The van der Waals surface area contributed by atoms with Gasteiger partial charge in [-0.05, 0) is 45.9 Å². The maximum absolute atomic E-state index is 12.0. The van der Waals surface area contributed by atoms with E-state index in [1.54, 1.807) is 39.2 Å². The summed E-state index contributed by atoms with van der Waals surface area (Å²) >= 11 is 1.31. The van der Waals surface area contributed by atoms with E-state index in [0.29, 0.717) is 41.0 Å². The number of methoxy groups -OCH3 is 1. The molecule has 0 aliphatic rings. The molecular formula is C20H28N4O4S. The Morgan fingerprint density at radius 2 is 2.14 bits per heavy atom. The second kappa shape index (κ2) is 10.7. The number of thiazole rings is 1. The molecule has 0 saturated heterocycles. The third kappa shape index (κ3) is 6.08. The number of nitrogens with one attached hydrogen (secondary N) is 2. The predicted molar refractivity (Wildman–Crippen MR) is 114 cm³/mol. The number of ether oxygens (including phenoxy) is 2. The maximum atomic E-state index is 12.0. The Morgan fingerprint density at radius 3 is 2.79 bits per heavy atom. The average Bonchev–Trinajstić information content (AvgIpc) is 3.09. The zero-order chi connectivity index (χ0) is 21.4. The van der Waals surface area contributed by atoms with Gasteiger partial charge < -0.3 is 25.2 Å². The van der Waals surface area contributed by atoms with Gasteiger partial charge in [0.1, 0.15) is 21.4 Å². The number of benzene rings is 1. The van der Waals surface area contributed by atoms with Crippen molar-refractivity contribution in [2.75, 3.05) is 20.3 Å². The Balaban J connectivity index is 2.14. The molecule has 29 heavy (non-hydrogen) atoms. The number of esters is 1. The van der Waals surface area contributed by atoms with Gasteiger partial charge in [-0.1, -0.05) is 0 Å². The fourth-order valence-electron chi connectivity index (χ4n) is 2.56. The number of aliphatic imine (C=N–C) groups is 1. The molecule has 0 fully saturated rings. The number of aryl methyl sites for hydroxylation is 1. The Bertz CT molecular complexity index is 866. The average molecular weight is 421 g/mol. The lowest BCUT2D eigenvalue weighted by Gasteiger charge is -2.16. The highest BCUT2D eigenvalue weighted by Crippen LogP contribution is 2.25. The molecule has 2 rings (SSSR count). The highest BCUT2D eigenvalue weighted by Gasteiger charge is 2.20. The van der Waals surface area contributed by atoms with Crippen molar-refractivity contribution in [3.05, 3.63) is 39.3 Å². The molecule has 1 unspecified atom stereocenters. The number of aromatic nitrogens is 1. The first-order chi connectivity index (χ1) is 13.9. The van der Waals surface area contributed by atoms with Crippen LogP contribution in [-0.2, 0) is 11.3 Å². The first-order valence-corrected chi connectivity index (χ1v) is 10.3. The second-order valence-corrected chi connectivity index (χ2v) is 7.27. The van der Waals surface area contributed by atoms with Crippen LogP contribution < -0.4 is 15.4 Å². The van der Waals surface area contributed by atoms with Crippen LogP contribution in [0.5, 0.6) is 11.5 Å². The lowest BCUT2D eigenvalue weighted by atomic mass is 10.2. The van der Waals surface area contributed by atoms with Crippen molar-refractivity contribution in [2.24, 2.45) is 4.99 Å². The van der Waals surface area contributed by atoms with Crippen LogP contribution in [0.2, 0.25) is 0 Å². The van der Waals surface area contributed by atoms with Gasteiger partial charge in [-0.15, -0.1) is 11.3 Å². The normalized spacial score (nSPS) is 12.4. The topological polar surface area (TPSA) is 105 Å². The van der Waals surface area contributed by atoms with E-state index < -0.39 is 0 Å². The minimum absolute atomic E-state index is 0.160. The van der Waals surface area contributed by atoms with Gasteiger partial charge in [0, 0.05) is 12.1 Å². The molecule has 0 aliphatic heterocycles. The van der Waals surface area contributed by atoms with Gasteiger partial charge in [0.05, 0.1) is 32.0 Å². The smallest absolute Gasteiger partial charge is 0.350 e. The van der Waals surface area contributed by atoms with Gasteiger partial charge in [0.2, 0.25) is 0 Å². The molecule has 1 atom stereocenters. The van der Waals surface area contributed by atoms with E-state index in [9.17, 15) is 9.90 Å². The summed E-state index contributed by atoms with van der Waals surface area (Å²) in [5.41, 5.74) is 1.31. The molecule has 1 aromatic carbocycles. The summed E-state index contributed by atoms with van der Waals surface area (Å²) in [6.45, 7) is 8.76. The van der Waals surface area contributed by atoms with Crippen LogP contribution in [0.1, 0.15) is 52.7 Å². The van der Waals surface area contributed by atoms with Crippen molar-refractivity contribution in [3.8, 4) is 11.5 Å². The van der Waals surface area contributed by atoms with Crippen LogP contribution in [0.4, 0.5) is 0 Å². The summed E-state index contributed by atoms with van der Waals surface area (Å²) in [6.07, 6.45) is 0. The van der Waals surface area contributed by atoms with Crippen molar-refractivity contribution in [3.63, 3.8) is 0 Å². The Kier molecular flexibility index (Phi) is 8.26. The summed E-state index contributed by atoms with van der Waals surface area (Å²) in [6, 6.07) is 4.86. The number of hydrogen-bond acceptors (Lipinski definition) is 7. The first kappa shape index (κ1) is 22.5. The van der Waals surface area contributed by atoms with Gasteiger partial charge in [0.15, 0.2) is 5.96 Å². The molecule has 1 heterocycles. The quantitative estimate of drug-likeness (QED) is 0.342. The summed E-state index contributed by atoms with van der Waals surface area (Å²) < 4.78 is 10.3. The lowest BCUT2D eigenvalue weighted by molar-refractivity contribution is 0.0531. The van der Waals surface area contributed by atoms with Crippen LogP contribution in [-0.4, -0.2) is 42.3 Å². The van der Waals surface area contributed by atoms with Crippen LogP contribution >= 0.6 is 11.3 Å². The zero-order valence-electron chi connectivity index (χ0n) is 17.4. The van der Waals surface area contributed by atoms with E-state index in [0.717, 1.165) is 5.01 Å². The lowest BCUT2D eigenvalue weighted by Crippen LogP contribution is -2.38. The van der Waals surface area contributed by atoms with Gasteiger partial charge >= 0.3 is 5.97 Å². The molecule has 158 valence electrons. The van der Waals surface area contributed by atoms with Crippen LogP contribution in [0.3, 0.4) is 0 Å². The third-order valence-corrected chi connectivity index (χ3v) is 5.36. The van der Waals surface area contributed by atoms with Crippen LogP contribution in [0, 0.1) is 6.92 Å². The van der Waals surface area contributed by atoms with E-state index >= 15 is 0 Å². The number of rotatable bonds is 8. The van der Waals surface area contributed by atoms with Crippen molar-refractivity contribution in [2.45, 2.75) is 40.3 Å². The zero-order valence-corrected chi connectivity index (χ0v) is 18.2. The molecule has 0 aliphatic carbocycles. The maximum Gasteiger partial charge on any atom is 0.350 e. The Labute approximate surface area is 175 Å². The minimum Gasteiger partial charge on any atom is -0.508 e. The Morgan fingerprint density at radius 1 is 1.38 bits per heavy atom. The number of phenolic OH excluding ortho intramolecular Hbond substituents is 1. The number of guanidine groups is 1. The molecule has 9 heteroatoms. The summed E-state index contributed by atoms with van der Waals surface area (Å²) in [4.78, 5) is 21.6. The van der Waals surface area contributed by atoms with E-state index in [1.165, 1.54) is 11.3 Å². The molecule has 0 bridgehead atoms. The van der Waals surface area contributed by atoms with Crippen molar-refractivity contribution >= 4 is 23.3 Å². The van der Waals surface area contributed by atoms with Crippen LogP contribution in [0.15, 0.2) is 23.2 Å². The number of carbonyl (C=O) groups is 1. The number of aromatic hydroxyl groups is 1. The molecule has 0 radical (unpaired) electrons. The SMILES string of the molecule is CCNC(=NCc1cc(OC)ccc1O)NC(C)c1nc(C)c(C(=O)OCC)s1. The van der Waals surface area contributed by atoms with Gasteiger partial charge in [-0.3, -0.25) is 0 Å². The van der Waals surface area contributed by atoms with E-state index in [1.807, 2.05) is 13.8 Å². The monoisotopic (exact) mass is 420 g/mol. The molecule has 0 spiro atoms. The summed E-state index contributed by atoms with van der Waals surface area (Å²) in [5.74, 6) is 1.04. The van der Waals surface area contributed by atoms with Gasteiger partial charge in [-0.2, -0.15) is 0 Å².